The SMILES string of the molecule is C=CCNNC(=O)[C@@]1(Cc2ccccc2)N=C(c2ccc(OCCCO)cc2)O[C@H]1c1ccc(Cl)cc1Cl. The van der Waals surface area contributed by atoms with Gasteiger partial charge >= 0.3 is 0 Å². The first-order chi connectivity index (χ1) is 18.5. The molecule has 3 aromatic carbocycles. The average Bonchev–Trinajstić information content (AvgIpc) is 3.30. The van der Waals surface area contributed by atoms with Gasteiger partial charge in [0.1, 0.15) is 5.75 Å². The zero-order valence-corrected chi connectivity index (χ0v) is 22.2. The minimum atomic E-state index is -1.39. The summed E-state index contributed by atoms with van der Waals surface area (Å²) in [5.74, 6) is 0.580. The van der Waals surface area contributed by atoms with E-state index in [1.165, 1.54) is 0 Å². The Morgan fingerprint density at radius 2 is 1.89 bits per heavy atom. The van der Waals surface area contributed by atoms with Crippen LogP contribution in [0.4, 0.5) is 0 Å². The van der Waals surface area contributed by atoms with Crippen LogP contribution in [0.25, 0.3) is 0 Å². The third-order valence-corrected chi connectivity index (χ3v) is 6.60. The smallest absolute Gasteiger partial charge is 0.266 e. The molecule has 1 heterocycles. The van der Waals surface area contributed by atoms with Gasteiger partial charge in [-0.05, 0) is 42.0 Å². The fourth-order valence-corrected chi connectivity index (χ4v) is 4.70. The van der Waals surface area contributed by atoms with E-state index in [1.54, 1.807) is 36.4 Å². The third kappa shape index (κ3) is 6.37. The summed E-state index contributed by atoms with van der Waals surface area (Å²) in [5, 5.41) is 9.83. The minimum absolute atomic E-state index is 0.0601. The van der Waals surface area contributed by atoms with Crippen LogP contribution in [0, 0.1) is 0 Å². The van der Waals surface area contributed by atoms with E-state index in [-0.39, 0.29) is 18.9 Å². The fourth-order valence-electron chi connectivity index (χ4n) is 4.19. The molecule has 3 N–H and O–H groups in total. The molecule has 9 heteroatoms. The van der Waals surface area contributed by atoms with Crippen molar-refractivity contribution in [3.63, 3.8) is 0 Å². The number of halogens is 2. The second kappa shape index (κ2) is 12.9. The number of hydrazine groups is 1. The van der Waals surface area contributed by atoms with Crippen LogP contribution in [-0.2, 0) is 16.0 Å². The summed E-state index contributed by atoms with van der Waals surface area (Å²) in [7, 11) is 0. The number of hydrogen-bond acceptors (Lipinski definition) is 6. The summed E-state index contributed by atoms with van der Waals surface area (Å²) in [6.45, 7) is 4.52. The number of aliphatic imine (C=N–C) groups is 1. The van der Waals surface area contributed by atoms with Crippen LogP contribution >= 0.6 is 23.2 Å². The van der Waals surface area contributed by atoms with E-state index in [0.717, 1.165) is 5.56 Å². The average molecular weight is 554 g/mol. The molecule has 0 spiro atoms. The summed E-state index contributed by atoms with van der Waals surface area (Å²) in [4.78, 5) is 18.8. The molecule has 4 rings (SSSR count). The Kier molecular flexibility index (Phi) is 9.42. The number of ether oxygens (including phenoxy) is 2. The Morgan fingerprint density at radius 3 is 2.58 bits per heavy atom. The lowest BCUT2D eigenvalue weighted by atomic mass is 9.82. The summed E-state index contributed by atoms with van der Waals surface area (Å²) >= 11 is 12.8. The van der Waals surface area contributed by atoms with Gasteiger partial charge in [-0.3, -0.25) is 10.2 Å². The van der Waals surface area contributed by atoms with Gasteiger partial charge in [-0.15, -0.1) is 6.58 Å². The van der Waals surface area contributed by atoms with E-state index in [1.807, 2.05) is 42.5 Å². The molecule has 2 atom stereocenters. The number of carbonyl (C=O) groups excluding carboxylic acids is 1. The van der Waals surface area contributed by atoms with Gasteiger partial charge in [-0.25, -0.2) is 10.4 Å². The van der Waals surface area contributed by atoms with Gasteiger partial charge in [-0.2, -0.15) is 0 Å². The van der Waals surface area contributed by atoms with Crippen molar-refractivity contribution in [2.24, 2.45) is 4.99 Å². The Morgan fingerprint density at radius 1 is 1.13 bits per heavy atom. The zero-order chi connectivity index (χ0) is 27.0. The minimum Gasteiger partial charge on any atom is -0.494 e. The first kappa shape index (κ1) is 27.7. The van der Waals surface area contributed by atoms with Gasteiger partial charge in [0.15, 0.2) is 11.6 Å². The number of hydrogen-bond donors (Lipinski definition) is 3. The molecule has 1 aliphatic heterocycles. The number of carbonyl (C=O) groups is 1. The Balaban J connectivity index is 1.78. The predicted molar refractivity (Wildman–Crippen MR) is 150 cm³/mol. The topological polar surface area (TPSA) is 92.2 Å². The molecular formula is C29H29Cl2N3O4. The van der Waals surface area contributed by atoms with E-state index in [0.29, 0.717) is 52.4 Å². The first-order valence-corrected chi connectivity index (χ1v) is 13.0. The molecule has 38 heavy (non-hydrogen) atoms. The number of aliphatic hydroxyl groups excluding tert-OH is 1. The molecular weight excluding hydrogens is 525 g/mol. The molecule has 0 unspecified atom stereocenters. The summed E-state index contributed by atoms with van der Waals surface area (Å²) in [6.07, 6.45) is 1.60. The van der Waals surface area contributed by atoms with Gasteiger partial charge in [0.2, 0.25) is 5.90 Å². The maximum Gasteiger partial charge on any atom is 0.266 e. The van der Waals surface area contributed by atoms with Crippen molar-refractivity contribution in [1.29, 1.82) is 0 Å². The van der Waals surface area contributed by atoms with E-state index in [2.05, 4.69) is 17.4 Å². The van der Waals surface area contributed by atoms with Crippen molar-refractivity contribution in [3.8, 4) is 5.75 Å². The third-order valence-electron chi connectivity index (χ3n) is 6.04. The van der Waals surface area contributed by atoms with Crippen molar-refractivity contribution in [3.05, 3.63) is 112 Å². The molecule has 1 amide bonds. The maximum atomic E-state index is 13.9. The molecule has 0 aliphatic carbocycles. The molecule has 7 nitrogen and oxygen atoms in total. The van der Waals surface area contributed by atoms with Crippen LogP contribution < -0.4 is 15.6 Å². The Labute approximate surface area is 232 Å². The van der Waals surface area contributed by atoms with E-state index in [4.69, 9.17) is 42.8 Å². The largest absolute Gasteiger partial charge is 0.494 e. The van der Waals surface area contributed by atoms with Crippen LogP contribution in [0.1, 0.15) is 29.2 Å². The molecule has 0 fully saturated rings. The van der Waals surface area contributed by atoms with Gasteiger partial charge in [0, 0.05) is 47.2 Å². The lowest BCUT2D eigenvalue weighted by molar-refractivity contribution is -0.129. The van der Waals surface area contributed by atoms with Crippen molar-refractivity contribution in [1.82, 2.24) is 10.9 Å². The lowest BCUT2D eigenvalue weighted by Gasteiger charge is -2.31. The first-order valence-electron chi connectivity index (χ1n) is 12.2. The molecule has 198 valence electrons. The van der Waals surface area contributed by atoms with Gasteiger partial charge < -0.3 is 14.6 Å². The van der Waals surface area contributed by atoms with Crippen molar-refractivity contribution >= 4 is 35.0 Å². The molecule has 0 radical (unpaired) electrons. The number of nitrogens with zero attached hydrogens (tertiary/aromatic N) is 1. The summed E-state index contributed by atoms with van der Waals surface area (Å²) in [6, 6.07) is 22.0. The van der Waals surface area contributed by atoms with Gasteiger partial charge in [0.05, 0.1) is 6.61 Å². The van der Waals surface area contributed by atoms with Crippen molar-refractivity contribution in [2.75, 3.05) is 19.8 Å². The van der Waals surface area contributed by atoms with E-state index >= 15 is 0 Å². The summed E-state index contributed by atoms with van der Waals surface area (Å²) < 4.78 is 12.1. The van der Waals surface area contributed by atoms with Crippen LogP contribution in [0.5, 0.6) is 5.75 Å². The van der Waals surface area contributed by atoms with Crippen LogP contribution in [-0.4, -0.2) is 42.2 Å². The Hall–Kier alpha value is -3.36. The van der Waals surface area contributed by atoms with Gasteiger partial charge in [0.25, 0.3) is 5.91 Å². The van der Waals surface area contributed by atoms with Crippen molar-refractivity contribution in [2.45, 2.75) is 24.5 Å². The van der Waals surface area contributed by atoms with Crippen LogP contribution in [0.2, 0.25) is 10.0 Å². The normalized spacial score (nSPS) is 18.4. The lowest BCUT2D eigenvalue weighted by Crippen LogP contribution is -2.54. The zero-order valence-electron chi connectivity index (χ0n) is 20.7. The quantitative estimate of drug-likeness (QED) is 0.165. The van der Waals surface area contributed by atoms with Crippen LogP contribution in [0.15, 0.2) is 90.4 Å². The predicted octanol–water partition coefficient (Wildman–Crippen LogP) is 5.06. The molecule has 0 aromatic heterocycles. The highest BCUT2D eigenvalue weighted by Gasteiger charge is 2.54. The molecule has 3 aromatic rings. The Bertz CT molecular complexity index is 1280. The number of rotatable bonds is 12. The highest BCUT2D eigenvalue weighted by atomic mass is 35.5. The van der Waals surface area contributed by atoms with Crippen molar-refractivity contribution < 1.29 is 19.4 Å². The summed E-state index contributed by atoms with van der Waals surface area (Å²) in [5.41, 5.74) is 6.43. The second-order valence-electron chi connectivity index (χ2n) is 8.74. The molecule has 1 aliphatic rings. The fraction of sp³-hybridized carbons (Fsp3) is 0.241. The number of amides is 1. The van der Waals surface area contributed by atoms with Gasteiger partial charge in [-0.1, -0.05) is 65.7 Å². The second-order valence-corrected chi connectivity index (χ2v) is 9.58. The maximum absolute atomic E-state index is 13.9. The van der Waals surface area contributed by atoms with Crippen LogP contribution in [0.3, 0.4) is 0 Å². The van der Waals surface area contributed by atoms with E-state index < -0.39 is 11.6 Å². The molecule has 0 bridgehead atoms. The number of aliphatic hydroxyl groups is 1. The molecule has 0 saturated heterocycles. The molecule has 0 saturated carbocycles. The number of benzene rings is 3. The standard InChI is InChI=1S/C29H29Cl2N3O4/c1-2-15-32-34-28(36)29(19-20-7-4-3-5-8-20)26(24-14-11-22(30)18-25(24)31)38-27(33-29)21-9-12-23(13-10-21)37-17-6-16-35/h2-5,7-14,18,26,32,35H,1,6,15-17,19H2,(H,34,36)/t26-,29-/m0/s1. The van der Waals surface area contributed by atoms with E-state index in [9.17, 15) is 4.79 Å². The number of nitrogens with one attached hydrogen (secondary N) is 2. The highest BCUT2D eigenvalue weighted by Crippen LogP contribution is 2.45. The monoisotopic (exact) mass is 553 g/mol. The highest BCUT2D eigenvalue weighted by molar-refractivity contribution is 6.35.